The SMILES string of the molecule is CC(C)NC(=O)[C@H]1CC[C@@H](n2/c(=N/C(=O)c3ccncc3)[nH]c3ccc(CN4CCC(C(C)(C)O)CC4)cc32)CC1. The van der Waals surface area contributed by atoms with Crippen molar-refractivity contribution < 1.29 is 14.7 Å². The van der Waals surface area contributed by atoms with Crippen molar-refractivity contribution in [1.29, 1.82) is 0 Å². The van der Waals surface area contributed by atoms with E-state index in [0.717, 1.165) is 69.2 Å². The van der Waals surface area contributed by atoms with Gasteiger partial charge >= 0.3 is 0 Å². The Kier molecular flexibility index (Phi) is 8.75. The molecule has 3 N–H and O–H groups in total. The van der Waals surface area contributed by atoms with Crippen LogP contribution in [-0.2, 0) is 11.3 Å². The number of piperidine rings is 1. The molecule has 0 spiro atoms. The van der Waals surface area contributed by atoms with Crippen molar-refractivity contribution in [2.24, 2.45) is 16.8 Å². The molecule has 2 aliphatic rings. The van der Waals surface area contributed by atoms with Crippen LogP contribution in [0.2, 0.25) is 0 Å². The first kappa shape index (κ1) is 29.2. The van der Waals surface area contributed by atoms with Crippen molar-refractivity contribution in [1.82, 2.24) is 24.8 Å². The molecule has 0 bridgehead atoms. The molecule has 220 valence electrons. The maximum atomic E-state index is 13.1. The monoisotopic (exact) mass is 560 g/mol. The average molecular weight is 561 g/mol. The fraction of sp³-hybridized carbons (Fsp3) is 0.562. The standard InChI is InChI=1S/C32H44N6O3/c1-21(2)34-29(39)23-6-8-26(9-7-23)38-28-19-22(20-37-17-13-25(14-18-37)32(3,4)41)5-10-27(28)35-31(38)36-30(40)24-11-15-33-16-12-24/h5,10-12,15-16,19,21,23,25-26,41H,6-9,13-14,17-18,20H2,1-4H3,(H,34,39)(H,35,36,40)/t23-,26+. The Balaban J connectivity index is 1.43. The molecule has 1 aliphatic carbocycles. The molecule has 1 aliphatic heterocycles. The lowest BCUT2D eigenvalue weighted by atomic mass is 9.83. The number of rotatable bonds is 7. The smallest absolute Gasteiger partial charge is 0.280 e. The molecular weight excluding hydrogens is 516 g/mol. The van der Waals surface area contributed by atoms with Crippen molar-refractivity contribution >= 4 is 22.8 Å². The Bertz CT molecular complexity index is 1420. The minimum atomic E-state index is -0.635. The van der Waals surface area contributed by atoms with Gasteiger partial charge in [-0.25, -0.2) is 0 Å². The van der Waals surface area contributed by atoms with Crippen LogP contribution in [0.3, 0.4) is 0 Å². The lowest BCUT2D eigenvalue weighted by Crippen LogP contribution is -2.41. The highest BCUT2D eigenvalue weighted by molar-refractivity contribution is 5.94. The first-order valence-electron chi connectivity index (χ1n) is 15.1. The number of imidazole rings is 1. The minimum absolute atomic E-state index is 0.0145. The number of benzene rings is 1. The van der Waals surface area contributed by atoms with Crippen LogP contribution in [0.1, 0.15) is 88.2 Å². The number of hydrogen-bond acceptors (Lipinski definition) is 5. The summed E-state index contributed by atoms with van der Waals surface area (Å²) >= 11 is 0. The molecule has 9 heteroatoms. The zero-order chi connectivity index (χ0) is 29.1. The van der Waals surface area contributed by atoms with Gasteiger partial charge in [0.25, 0.3) is 5.91 Å². The number of H-pyrrole nitrogens is 1. The summed E-state index contributed by atoms with van der Waals surface area (Å²) in [4.78, 5) is 40.2. The Hall–Kier alpha value is -3.30. The molecule has 3 heterocycles. The number of carbonyl (C=O) groups excluding carboxylic acids is 2. The van der Waals surface area contributed by atoms with Crippen LogP contribution in [0.5, 0.6) is 0 Å². The molecule has 0 unspecified atom stereocenters. The molecule has 1 saturated carbocycles. The zero-order valence-electron chi connectivity index (χ0n) is 24.8. The normalized spacial score (nSPS) is 21.5. The number of likely N-dealkylation sites (tertiary alicyclic amines) is 1. The van der Waals surface area contributed by atoms with E-state index in [1.165, 1.54) is 5.56 Å². The van der Waals surface area contributed by atoms with Crippen LogP contribution in [0.25, 0.3) is 11.0 Å². The van der Waals surface area contributed by atoms with Crippen molar-refractivity contribution in [3.05, 3.63) is 59.5 Å². The quantitative estimate of drug-likeness (QED) is 0.398. The molecule has 2 aromatic heterocycles. The third-order valence-electron chi connectivity index (χ3n) is 8.79. The molecule has 0 radical (unpaired) electrons. The number of aromatic nitrogens is 3. The Morgan fingerprint density at radius 3 is 2.39 bits per heavy atom. The molecule has 2 fully saturated rings. The van der Waals surface area contributed by atoms with Crippen molar-refractivity contribution in [3.8, 4) is 0 Å². The first-order chi connectivity index (χ1) is 19.6. The van der Waals surface area contributed by atoms with Gasteiger partial charge in [-0.2, -0.15) is 4.99 Å². The number of aliphatic hydroxyl groups is 1. The highest BCUT2D eigenvalue weighted by Crippen LogP contribution is 2.34. The molecule has 3 aromatic rings. The molecular formula is C32H44N6O3. The van der Waals surface area contributed by atoms with Gasteiger partial charge < -0.3 is 20.0 Å². The van der Waals surface area contributed by atoms with E-state index >= 15 is 0 Å². The maximum absolute atomic E-state index is 13.1. The van der Waals surface area contributed by atoms with E-state index in [-0.39, 0.29) is 29.8 Å². The van der Waals surface area contributed by atoms with Gasteiger partial charge in [-0.3, -0.25) is 19.5 Å². The fourth-order valence-electron chi connectivity index (χ4n) is 6.44. The second-order valence-electron chi connectivity index (χ2n) is 12.7. The lowest BCUT2D eigenvalue weighted by Gasteiger charge is -2.37. The largest absolute Gasteiger partial charge is 0.390 e. The van der Waals surface area contributed by atoms with Gasteiger partial charge in [-0.1, -0.05) is 6.07 Å². The van der Waals surface area contributed by atoms with Crippen molar-refractivity contribution in [2.75, 3.05) is 13.1 Å². The summed E-state index contributed by atoms with van der Waals surface area (Å²) in [6.45, 7) is 10.6. The van der Waals surface area contributed by atoms with Crippen LogP contribution in [-0.4, -0.2) is 61.1 Å². The van der Waals surface area contributed by atoms with Gasteiger partial charge in [0.05, 0.1) is 16.6 Å². The molecule has 41 heavy (non-hydrogen) atoms. The molecule has 0 atom stereocenters. The summed E-state index contributed by atoms with van der Waals surface area (Å²) < 4.78 is 2.19. The van der Waals surface area contributed by atoms with E-state index in [1.54, 1.807) is 24.5 Å². The number of nitrogens with one attached hydrogen (secondary N) is 2. The fourth-order valence-corrected chi connectivity index (χ4v) is 6.44. The second-order valence-corrected chi connectivity index (χ2v) is 12.7. The van der Waals surface area contributed by atoms with Crippen molar-refractivity contribution in [3.63, 3.8) is 0 Å². The molecule has 2 amide bonds. The number of hydrogen-bond donors (Lipinski definition) is 3. The third-order valence-corrected chi connectivity index (χ3v) is 8.79. The van der Waals surface area contributed by atoms with E-state index < -0.39 is 5.60 Å². The minimum Gasteiger partial charge on any atom is -0.390 e. The molecule has 9 nitrogen and oxygen atoms in total. The summed E-state index contributed by atoms with van der Waals surface area (Å²) in [5.74, 6) is 0.164. The van der Waals surface area contributed by atoms with Crippen molar-refractivity contribution in [2.45, 2.75) is 90.4 Å². The number of fused-ring (bicyclic) bond motifs is 1. The van der Waals surface area contributed by atoms with Gasteiger partial charge in [0, 0.05) is 42.5 Å². The summed E-state index contributed by atoms with van der Waals surface area (Å²) in [6.07, 6.45) is 8.47. The molecule has 5 rings (SSSR count). The molecule has 1 saturated heterocycles. The van der Waals surface area contributed by atoms with Gasteiger partial charge in [0.2, 0.25) is 11.5 Å². The van der Waals surface area contributed by atoms with E-state index in [1.807, 2.05) is 27.7 Å². The summed E-state index contributed by atoms with van der Waals surface area (Å²) in [5, 5.41) is 13.5. The van der Waals surface area contributed by atoms with E-state index in [2.05, 4.69) is 47.9 Å². The van der Waals surface area contributed by atoms with E-state index in [0.29, 0.717) is 17.1 Å². The van der Waals surface area contributed by atoms with Crippen LogP contribution in [0.4, 0.5) is 0 Å². The predicted molar refractivity (Wildman–Crippen MR) is 159 cm³/mol. The number of amides is 2. The Morgan fingerprint density at radius 1 is 1.07 bits per heavy atom. The van der Waals surface area contributed by atoms with Gasteiger partial charge in [0.1, 0.15) is 0 Å². The number of carbonyl (C=O) groups is 2. The average Bonchev–Trinajstić information content (AvgIpc) is 3.30. The van der Waals surface area contributed by atoms with E-state index in [4.69, 9.17) is 0 Å². The first-order valence-corrected chi connectivity index (χ1v) is 15.1. The van der Waals surface area contributed by atoms with Crippen LogP contribution in [0, 0.1) is 11.8 Å². The summed E-state index contributed by atoms with van der Waals surface area (Å²) in [7, 11) is 0. The predicted octanol–water partition coefficient (Wildman–Crippen LogP) is 4.34. The van der Waals surface area contributed by atoms with Gasteiger partial charge in [0.15, 0.2) is 0 Å². The zero-order valence-corrected chi connectivity index (χ0v) is 24.8. The highest BCUT2D eigenvalue weighted by atomic mass is 16.3. The Labute approximate surface area is 242 Å². The van der Waals surface area contributed by atoms with Gasteiger partial charge in [-0.15, -0.1) is 0 Å². The van der Waals surface area contributed by atoms with E-state index in [9.17, 15) is 14.7 Å². The highest BCUT2D eigenvalue weighted by Gasteiger charge is 2.31. The second kappa shape index (κ2) is 12.3. The lowest BCUT2D eigenvalue weighted by molar-refractivity contribution is -0.126. The van der Waals surface area contributed by atoms with Gasteiger partial charge in [-0.05, 0) is 115 Å². The third kappa shape index (κ3) is 6.96. The number of nitrogens with zero attached hydrogens (tertiary/aromatic N) is 4. The maximum Gasteiger partial charge on any atom is 0.280 e. The molecule has 1 aromatic carbocycles. The van der Waals surface area contributed by atoms with Crippen LogP contribution >= 0.6 is 0 Å². The number of pyridine rings is 1. The van der Waals surface area contributed by atoms with Crippen LogP contribution in [0.15, 0.2) is 47.7 Å². The Morgan fingerprint density at radius 2 is 1.76 bits per heavy atom. The van der Waals surface area contributed by atoms with Crippen LogP contribution < -0.4 is 10.9 Å². The summed E-state index contributed by atoms with van der Waals surface area (Å²) in [5.41, 5.74) is 3.59. The summed E-state index contributed by atoms with van der Waals surface area (Å²) in [6, 6.07) is 10.1. The topological polar surface area (TPSA) is 116 Å². The number of aromatic amines is 1.